The Morgan fingerprint density at radius 2 is 1.73 bits per heavy atom. The van der Waals surface area contributed by atoms with E-state index in [0.717, 1.165) is 6.07 Å². The van der Waals surface area contributed by atoms with E-state index in [1.807, 2.05) is 22.6 Å². The molecule has 0 bridgehead atoms. The van der Waals surface area contributed by atoms with Gasteiger partial charge in [-0.15, -0.1) is 0 Å². The van der Waals surface area contributed by atoms with Gasteiger partial charge in [0.1, 0.15) is 8.47 Å². The fourth-order valence-electron chi connectivity index (χ4n) is 0.870. The molecule has 0 aliphatic carbocycles. The quantitative estimate of drug-likeness (QED) is 0.337. The molecule has 5 nitrogen and oxygen atoms in total. The summed E-state index contributed by atoms with van der Waals surface area (Å²) >= 11 is -0.380. The van der Waals surface area contributed by atoms with Crippen LogP contribution in [0.4, 0.5) is 0 Å². The summed E-state index contributed by atoms with van der Waals surface area (Å²) in [6, 6.07) is 2.67. The van der Waals surface area contributed by atoms with Crippen molar-refractivity contribution < 1.29 is 19.1 Å². The summed E-state index contributed by atoms with van der Waals surface area (Å²) in [7, 11) is -4.49. The summed E-state index contributed by atoms with van der Waals surface area (Å²) in [6.07, 6.45) is 0. The third kappa shape index (κ3) is 3.44. The van der Waals surface area contributed by atoms with Crippen LogP contribution in [0, 0.1) is 10.7 Å². The standard InChI is InChI=1S/C6H3I3O5S/c7-3-1-4(8)6(9(10)11)5(2-3)15(12,13)14/h1-2H,(H,12,13,14). The van der Waals surface area contributed by atoms with Crippen LogP contribution in [-0.4, -0.2) is 13.0 Å². The van der Waals surface area contributed by atoms with Gasteiger partial charge in [0.05, 0.1) is 0 Å². The minimum atomic E-state index is -4.49. The van der Waals surface area contributed by atoms with Crippen molar-refractivity contribution in [1.82, 2.24) is 0 Å². The Balaban J connectivity index is 3.78. The SMILES string of the molecule is O=I(=O)c1c(I)cc(I)cc1S(=O)(=O)O. The lowest BCUT2D eigenvalue weighted by molar-refractivity contribution is 0.482. The van der Waals surface area contributed by atoms with E-state index in [0.29, 0.717) is 7.14 Å². The van der Waals surface area contributed by atoms with Gasteiger partial charge in [0.15, 0.2) is 0 Å². The van der Waals surface area contributed by atoms with Crippen LogP contribution in [0.2, 0.25) is 0 Å². The van der Waals surface area contributed by atoms with Gasteiger partial charge < -0.3 is 0 Å². The maximum Gasteiger partial charge on any atom is 0.343 e. The molecule has 0 aliphatic heterocycles. The first-order chi connectivity index (χ1) is 6.73. The number of hydrogen-bond acceptors (Lipinski definition) is 4. The van der Waals surface area contributed by atoms with Gasteiger partial charge in [-0.2, -0.15) is 8.42 Å². The second-order valence-corrected chi connectivity index (χ2v) is 8.51. The van der Waals surface area contributed by atoms with E-state index in [4.69, 9.17) is 4.55 Å². The Morgan fingerprint density at radius 3 is 2.13 bits per heavy atom. The number of halogens is 3. The number of benzene rings is 1. The van der Waals surface area contributed by atoms with Gasteiger partial charge in [-0.05, 0) is 57.3 Å². The average molecular weight is 568 g/mol. The van der Waals surface area contributed by atoms with E-state index in [1.165, 1.54) is 6.07 Å². The normalized spacial score (nSPS) is 12.0. The van der Waals surface area contributed by atoms with Gasteiger partial charge in [0.25, 0.3) is 10.1 Å². The van der Waals surface area contributed by atoms with E-state index in [2.05, 4.69) is 0 Å². The molecule has 84 valence electrons. The molecule has 15 heavy (non-hydrogen) atoms. The van der Waals surface area contributed by atoms with Crippen molar-refractivity contribution in [2.75, 3.05) is 0 Å². The Labute approximate surface area is 120 Å². The van der Waals surface area contributed by atoms with Crippen LogP contribution in [-0.2, 0) is 16.3 Å². The summed E-state index contributed by atoms with van der Waals surface area (Å²) < 4.78 is 53.3. The van der Waals surface area contributed by atoms with E-state index in [9.17, 15) is 14.6 Å². The largest absolute Gasteiger partial charge is 0.343 e. The fraction of sp³-hybridized carbons (Fsp3) is 0. The third-order valence-electron chi connectivity index (χ3n) is 1.39. The Morgan fingerprint density at radius 1 is 1.20 bits per heavy atom. The van der Waals surface area contributed by atoms with Crippen LogP contribution in [0.3, 0.4) is 0 Å². The minimum absolute atomic E-state index is 0.275. The van der Waals surface area contributed by atoms with Crippen molar-refractivity contribution in [2.45, 2.75) is 4.90 Å². The lowest BCUT2D eigenvalue weighted by atomic mass is 10.4. The van der Waals surface area contributed by atoms with Crippen LogP contribution >= 0.6 is 65.0 Å². The highest BCUT2D eigenvalue weighted by molar-refractivity contribution is 14.2. The Bertz CT molecular complexity index is 567. The molecule has 0 saturated carbocycles. The van der Waals surface area contributed by atoms with Gasteiger partial charge in [-0.25, -0.2) is 6.14 Å². The van der Waals surface area contributed by atoms with Crippen molar-refractivity contribution in [1.29, 1.82) is 0 Å². The zero-order valence-electron chi connectivity index (χ0n) is 6.78. The van der Waals surface area contributed by atoms with Crippen LogP contribution in [0.25, 0.3) is 0 Å². The summed E-state index contributed by atoms with van der Waals surface area (Å²) in [6.45, 7) is 0. The van der Waals surface area contributed by atoms with Crippen molar-refractivity contribution in [3.05, 3.63) is 22.8 Å². The average Bonchev–Trinajstić information content (AvgIpc) is 1.99. The molecule has 1 aromatic rings. The lowest BCUT2D eigenvalue weighted by Crippen LogP contribution is -2.03. The van der Waals surface area contributed by atoms with Crippen molar-refractivity contribution in [3.8, 4) is 0 Å². The van der Waals surface area contributed by atoms with Gasteiger partial charge in [0.2, 0.25) is 0 Å². The van der Waals surface area contributed by atoms with E-state index < -0.39 is 34.8 Å². The van der Waals surface area contributed by atoms with E-state index in [1.54, 1.807) is 22.6 Å². The molecule has 0 atom stereocenters. The van der Waals surface area contributed by atoms with E-state index >= 15 is 0 Å². The van der Waals surface area contributed by atoms with Gasteiger partial charge in [-0.1, -0.05) is 0 Å². The molecule has 0 saturated heterocycles. The molecule has 1 N–H and O–H groups in total. The first-order valence-corrected chi connectivity index (χ1v) is 9.69. The topological polar surface area (TPSA) is 88.5 Å². The monoisotopic (exact) mass is 568 g/mol. The Kier molecular flexibility index (Phi) is 4.71. The highest BCUT2D eigenvalue weighted by Crippen LogP contribution is 2.31. The van der Waals surface area contributed by atoms with E-state index in [-0.39, 0.29) is 3.57 Å². The highest BCUT2D eigenvalue weighted by Gasteiger charge is 2.22. The maximum absolute atomic E-state index is 11.0. The fourth-order valence-corrected chi connectivity index (χ4v) is 7.26. The summed E-state index contributed by atoms with van der Waals surface area (Å²) in [5, 5.41) is 0. The lowest BCUT2D eigenvalue weighted by Gasteiger charge is -2.03. The van der Waals surface area contributed by atoms with Crippen LogP contribution in [0.1, 0.15) is 0 Å². The molecule has 0 heterocycles. The second-order valence-electron chi connectivity index (χ2n) is 2.39. The minimum Gasteiger partial charge on any atom is -0.282 e. The molecule has 0 spiro atoms. The highest BCUT2D eigenvalue weighted by atomic mass is 127. The van der Waals surface area contributed by atoms with Crippen LogP contribution < -0.4 is 0 Å². The number of rotatable bonds is 2. The molecule has 0 aromatic heterocycles. The molecule has 1 aromatic carbocycles. The first kappa shape index (κ1) is 14.0. The molecule has 9 heteroatoms. The zero-order chi connectivity index (χ0) is 11.8. The van der Waals surface area contributed by atoms with Crippen molar-refractivity contribution in [2.24, 2.45) is 0 Å². The predicted molar refractivity (Wildman–Crippen MR) is 75.8 cm³/mol. The summed E-state index contributed by atoms with van der Waals surface area (Å²) in [5.74, 6) is 0. The molecular formula is C6H3I3O5S. The molecule has 0 aliphatic rings. The van der Waals surface area contributed by atoms with Crippen LogP contribution in [0.5, 0.6) is 0 Å². The zero-order valence-corrected chi connectivity index (χ0v) is 14.1. The predicted octanol–water partition coefficient (Wildman–Crippen LogP) is 2.51. The molecule has 0 fully saturated rings. The van der Waals surface area contributed by atoms with Gasteiger partial charge >= 0.3 is 19.8 Å². The third-order valence-corrected chi connectivity index (χ3v) is 7.18. The molecule has 1 rings (SSSR count). The second kappa shape index (κ2) is 5.05. The molecular weight excluding hydrogens is 565 g/mol. The Hall–Kier alpha value is 0.920. The first-order valence-electron chi connectivity index (χ1n) is 3.25. The molecule has 0 radical (unpaired) electrons. The van der Waals surface area contributed by atoms with Gasteiger partial charge in [0, 0.05) is 7.14 Å². The van der Waals surface area contributed by atoms with Crippen molar-refractivity contribution >= 4 is 75.1 Å². The molecule has 0 unspecified atom stereocenters. The van der Waals surface area contributed by atoms with Gasteiger partial charge in [-0.3, -0.25) is 4.55 Å². The van der Waals surface area contributed by atoms with Crippen molar-refractivity contribution in [3.63, 3.8) is 0 Å². The smallest absolute Gasteiger partial charge is 0.282 e. The van der Waals surface area contributed by atoms with Crippen LogP contribution in [0.15, 0.2) is 17.0 Å². The summed E-state index contributed by atoms with van der Waals surface area (Å²) in [4.78, 5) is -0.533. The summed E-state index contributed by atoms with van der Waals surface area (Å²) in [5.41, 5.74) is 0. The maximum atomic E-state index is 11.0. The molecule has 0 amide bonds. The number of hydrogen-bond donors (Lipinski definition) is 1.